The maximum atomic E-state index is 10.5. The summed E-state index contributed by atoms with van der Waals surface area (Å²) in [6.07, 6.45) is 2.38. The summed E-state index contributed by atoms with van der Waals surface area (Å²) < 4.78 is 5.28. The molecule has 0 saturated carbocycles. The van der Waals surface area contributed by atoms with Crippen LogP contribution in [0.15, 0.2) is 24.3 Å². The maximum Gasteiger partial charge on any atom is 0.150 e. The summed E-state index contributed by atoms with van der Waals surface area (Å²) in [5.41, 5.74) is 0.575. The lowest BCUT2D eigenvalue weighted by Crippen LogP contribution is -2.35. The van der Waals surface area contributed by atoms with E-state index in [1.54, 1.807) is 24.3 Å². The van der Waals surface area contributed by atoms with Crippen LogP contribution < -0.4 is 0 Å². The van der Waals surface area contributed by atoms with Crippen molar-refractivity contribution in [2.45, 2.75) is 18.4 Å². The van der Waals surface area contributed by atoms with Crippen molar-refractivity contribution in [1.29, 1.82) is 0 Å². The van der Waals surface area contributed by atoms with Crippen LogP contribution in [-0.2, 0) is 10.3 Å². The van der Waals surface area contributed by atoms with Crippen molar-refractivity contribution in [3.05, 3.63) is 35.4 Å². The van der Waals surface area contributed by atoms with Crippen molar-refractivity contribution in [2.24, 2.45) is 0 Å². The first-order chi connectivity index (χ1) is 7.24. The summed E-state index contributed by atoms with van der Waals surface area (Å²) in [5.74, 6) is 0. The molecule has 3 heteroatoms. The average molecular weight is 206 g/mol. The van der Waals surface area contributed by atoms with E-state index in [-0.39, 0.29) is 0 Å². The highest BCUT2D eigenvalue weighted by atomic mass is 16.5. The van der Waals surface area contributed by atoms with Gasteiger partial charge in [-0.15, -0.1) is 0 Å². The fraction of sp³-hybridized carbons (Fsp3) is 0.417. The van der Waals surface area contributed by atoms with Crippen LogP contribution in [0.25, 0.3) is 0 Å². The van der Waals surface area contributed by atoms with Gasteiger partial charge in [0, 0.05) is 12.2 Å². The Labute approximate surface area is 88.7 Å². The Morgan fingerprint density at radius 1 is 1.33 bits per heavy atom. The van der Waals surface area contributed by atoms with Gasteiger partial charge in [-0.05, 0) is 18.4 Å². The average Bonchev–Trinajstić information content (AvgIpc) is 2.30. The normalized spacial score (nSPS) is 26.2. The van der Waals surface area contributed by atoms with Gasteiger partial charge in [0.05, 0.1) is 6.61 Å². The molecule has 0 spiro atoms. The van der Waals surface area contributed by atoms with Gasteiger partial charge in [0.2, 0.25) is 0 Å². The molecule has 1 saturated heterocycles. The molecule has 1 fully saturated rings. The summed E-state index contributed by atoms with van der Waals surface area (Å²) >= 11 is 0. The number of hydrogen-bond donors (Lipinski definition) is 1. The number of carbonyl (C=O) groups is 1. The van der Waals surface area contributed by atoms with Gasteiger partial charge in [0.1, 0.15) is 11.9 Å². The minimum absolute atomic E-state index is 0.341. The lowest BCUT2D eigenvalue weighted by Gasteiger charge is -2.32. The van der Waals surface area contributed by atoms with Gasteiger partial charge < -0.3 is 9.84 Å². The van der Waals surface area contributed by atoms with E-state index in [4.69, 9.17) is 4.74 Å². The molecular formula is C12H14O3. The zero-order valence-electron chi connectivity index (χ0n) is 8.48. The van der Waals surface area contributed by atoms with Gasteiger partial charge in [-0.25, -0.2) is 0 Å². The van der Waals surface area contributed by atoms with E-state index >= 15 is 0 Å². The van der Waals surface area contributed by atoms with Crippen LogP contribution in [0.3, 0.4) is 0 Å². The van der Waals surface area contributed by atoms with Gasteiger partial charge in [-0.1, -0.05) is 24.3 Å². The lowest BCUT2D eigenvalue weighted by molar-refractivity contribution is -0.0902. The molecule has 15 heavy (non-hydrogen) atoms. The largest absolute Gasteiger partial charge is 0.383 e. The van der Waals surface area contributed by atoms with Crippen molar-refractivity contribution in [2.75, 3.05) is 13.2 Å². The van der Waals surface area contributed by atoms with Gasteiger partial charge in [-0.3, -0.25) is 4.79 Å². The monoisotopic (exact) mass is 206 g/mol. The Kier molecular flexibility index (Phi) is 2.84. The third-order valence-electron chi connectivity index (χ3n) is 2.80. The zero-order chi connectivity index (χ0) is 10.7. The SMILES string of the molecule is O=Cc1ccc(C2(O)CCCOC2)cc1. The lowest BCUT2D eigenvalue weighted by atomic mass is 9.88. The highest BCUT2D eigenvalue weighted by molar-refractivity contribution is 5.74. The Morgan fingerprint density at radius 3 is 2.60 bits per heavy atom. The first-order valence-electron chi connectivity index (χ1n) is 5.10. The molecule has 2 rings (SSSR count). The molecule has 0 aliphatic carbocycles. The molecule has 3 nitrogen and oxygen atoms in total. The number of ether oxygens (including phenoxy) is 1. The third-order valence-corrected chi connectivity index (χ3v) is 2.80. The van der Waals surface area contributed by atoms with Crippen LogP contribution in [0.1, 0.15) is 28.8 Å². The molecule has 1 N–H and O–H groups in total. The number of rotatable bonds is 2. The molecule has 1 atom stereocenters. The molecule has 1 aromatic rings. The highest BCUT2D eigenvalue weighted by Gasteiger charge is 2.31. The molecule has 80 valence electrons. The van der Waals surface area contributed by atoms with Crippen LogP contribution in [0.2, 0.25) is 0 Å². The summed E-state index contributed by atoms with van der Waals surface area (Å²) in [4.78, 5) is 10.5. The standard InChI is InChI=1S/C12H14O3/c13-8-10-2-4-11(5-3-10)12(14)6-1-7-15-9-12/h2-5,8,14H,1,6-7,9H2. The molecule has 1 aliphatic heterocycles. The molecular weight excluding hydrogens is 192 g/mol. The molecule has 0 amide bonds. The topological polar surface area (TPSA) is 46.5 Å². The summed E-state index contributed by atoms with van der Waals surface area (Å²) in [6, 6.07) is 7.01. The van der Waals surface area contributed by atoms with E-state index < -0.39 is 5.60 Å². The van der Waals surface area contributed by atoms with Crippen LogP contribution in [0, 0.1) is 0 Å². The predicted molar refractivity (Wildman–Crippen MR) is 55.8 cm³/mol. The molecule has 1 aliphatic rings. The second-order valence-electron chi connectivity index (χ2n) is 3.93. The number of hydrogen-bond acceptors (Lipinski definition) is 3. The first-order valence-corrected chi connectivity index (χ1v) is 5.10. The molecule has 1 aromatic carbocycles. The van der Waals surface area contributed by atoms with E-state index in [1.165, 1.54) is 0 Å². The molecule has 0 radical (unpaired) electrons. The Bertz CT molecular complexity index is 336. The summed E-state index contributed by atoms with van der Waals surface area (Å²) in [5, 5.41) is 10.3. The van der Waals surface area contributed by atoms with Gasteiger partial charge >= 0.3 is 0 Å². The van der Waals surface area contributed by atoms with E-state index in [1.807, 2.05) is 0 Å². The first kappa shape index (κ1) is 10.3. The second kappa shape index (κ2) is 4.13. The number of benzene rings is 1. The quantitative estimate of drug-likeness (QED) is 0.746. The Morgan fingerprint density at radius 2 is 2.07 bits per heavy atom. The molecule has 0 bridgehead atoms. The van der Waals surface area contributed by atoms with E-state index in [0.29, 0.717) is 25.2 Å². The number of aliphatic hydroxyl groups is 1. The maximum absolute atomic E-state index is 10.5. The third kappa shape index (κ3) is 2.08. The smallest absolute Gasteiger partial charge is 0.150 e. The Balaban J connectivity index is 2.23. The molecule has 1 heterocycles. The fourth-order valence-corrected chi connectivity index (χ4v) is 1.88. The van der Waals surface area contributed by atoms with Crippen molar-refractivity contribution < 1.29 is 14.6 Å². The predicted octanol–water partition coefficient (Wildman–Crippen LogP) is 1.50. The zero-order valence-corrected chi connectivity index (χ0v) is 8.48. The van der Waals surface area contributed by atoms with Crippen LogP contribution in [-0.4, -0.2) is 24.6 Å². The molecule has 1 unspecified atom stereocenters. The van der Waals surface area contributed by atoms with Crippen LogP contribution in [0.5, 0.6) is 0 Å². The minimum Gasteiger partial charge on any atom is -0.383 e. The van der Waals surface area contributed by atoms with E-state index in [9.17, 15) is 9.90 Å². The van der Waals surface area contributed by atoms with E-state index in [0.717, 1.165) is 18.3 Å². The van der Waals surface area contributed by atoms with Crippen LogP contribution in [0.4, 0.5) is 0 Å². The second-order valence-corrected chi connectivity index (χ2v) is 3.93. The molecule has 0 aromatic heterocycles. The highest BCUT2D eigenvalue weighted by Crippen LogP contribution is 2.30. The fourth-order valence-electron chi connectivity index (χ4n) is 1.88. The number of carbonyl (C=O) groups excluding carboxylic acids is 1. The van der Waals surface area contributed by atoms with Gasteiger partial charge in [0.15, 0.2) is 0 Å². The van der Waals surface area contributed by atoms with Crippen molar-refractivity contribution >= 4 is 6.29 Å². The van der Waals surface area contributed by atoms with Gasteiger partial charge in [0.25, 0.3) is 0 Å². The summed E-state index contributed by atoms with van der Waals surface area (Å²) in [7, 11) is 0. The Hall–Kier alpha value is -1.19. The van der Waals surface area contributed by atoms with Gasteiger partial charge in [-0.2, -0.15) is 0 Å². The van der Waals surface area contributed by atoms with Crippen molar-refractivity contribution in [3.63, 3.8) is 0 Å². The van der Waals surface area contributed by atoms with Crippen LogP contribution >= 0.6 is 0 Å². The number of aldehydes is 1. The van der Waals surface area contributed by atoms with E-state index in [2.05, 4.69) is 0 Å². The van der Waals surface area contributed by atoms with Crippen molar-refractivity contribution in [3.8, 4) is 0 Å². The van der Waals surface area contributed by atoms with Crippen molar-refractivity contribution in [1.82, 2.24) is 0 Å². The summed E-state index contributed by atoms with van der Waals surface area (Å²) in [6.45, 7) is 1.06. The minimum atomic E-state index is -0.875.